The van der Waals surface area contributed by atoms with Gasteiger partial charge in [0.05, 0.1) is 16.5 Å². The molecule has 0 radical (unpaired) electrons. The van der Waals surface area contributed by atoms with Crippen molar-refractivity contribution in [2.75, 3.05) is 18.4 Å². The van der Waals surface area contributed by atoms with Gasteiger partial charge in [0.2, 0.25) is 10.0 Å². The number of fused-ring (bicyclic) bond motifs is 1. The lowest BCUT2D eigenvalue weighted by Gasteiger charge is -2.37. The zero-order chi connectivity index (χ0) is 25.2. The van der Waals surface area contributed by atoms with Crippen LogP contribution in [0.3, 0.4) is 0 Å². The minimum atomic E-state index is -3.54. The molecule has 2 aromatic heterocycles. The number of rotatable bonds is 6. The maximum absolute atomic E-state index is 13.1. The monoisotopic (exact) mass is 496 g/mol. The van der Waals surface area contributed by atoms with E-state index in [1.54, 1.807) is 40.8 Å². The summed E-state index contributed by atoms with van der Waals surface area (Å²) in [6, 6.07) is 10.3. The van der Waals surface area contributed by atoms with E-state index in [0.29, 0.717) is 35.9 Å². The van der Waals surface area contributed by atoms with Crippen LogP contribution in [0.15, 0.2) is 46.2 Å². The van der Waals surface area contributed by atoms with Crippen molar-refractivity contribution >= 4 is 32.4 Å². The maximum Gasteiger partial charge on any atom is 0.261 e. The van der Waals surface area contributed by atoms with Gasteiger partial charge in [-0.3, -0.25) is 9.48 Å². The van der Waals surface area contributed by atoms with Crippen molar-refractivity contribution in [2.45, 2.75) is 57.9 Å². The number of hydrogen-bond donors (Lipinski definition) is 2. The summed E-state index contributed by atoms with van der Waals surface area (Å²) < 4.78 is 29.7. The van der Waals surface area contributed by atoms with Gasteiger partial charge in [0.15, 0.2) is 5.82 Å². The predicted molar refractivity (Wildman–Crippen MR) is 136 cm³/mol. The molecule has 1 aromatic carbocycles. The molecule has 5 rings (SSSR count). The number of aromatic amines is 1. The van der Waals surface area contributed by atoms with Crippen LogP contribution in [0.4, 0.5) is 11.5 Å². The molecule has 0 amide bonds. The highest BCUT2D eigenvalue weighted by Crippen LogP contribution is 2.34. The van der Waals surface area contributed by atoms with E-state index in [1.165, 1.54) is 19.8 Å². The lowest BCUT2D eigenvalue weighted by Crippen LogP contribution is -2.43. The minimum absolute atomic E-state index is 0.0137. The van der Waals surface area contributed by atoms with Crippen LogP contribution in [0.2, 0.25) is 0 Å². The van der Waals surface area contributed by atoms with Crippen LogP contribution in [-0.4, -0.2) is 40.6 Å². The zero-order valence-electron chi connectivity index (χ0n) is 20.4. The van der Waals surface area contributed by atoms with E-state index in [9.17, 15) is 13.2 Å². The van der Waals surface area contributed by atoms with Crippen LogP contribution >= 0.6 is 0 Å². The van der Waals surface area contributed by atoms with E-state index in [1.807, 2.05) is 10.7 Å². The first-order chi connectivity index (χ1) is 16.6. The lowest BCUT2D eigenvalue weighted by molar-refractivity contribution is 0.187. The fourth-order valence-corrected chi connectivity index (χ4v) is 6.15. The molecule has 0 atom stereocenters. The molecular weight excluding hydrogens is 464 g/mol. The number of aromatic nitrogens is 3. The average molecular weight is 497 g/mol. The number of nitrogens with one attached hydrogen (secondary N) is 2. The molecular formula is C25H32N6O3S. The molecule has 186 valence electrons. The highest BCUT2D eigenvalue weighted by Gasteiger charge is 2.34. The molecule has 0 unspecified atom stereocenters. The van der Waals surface area contributed by atoms with Crippen LogP contribution in [0.5, 0.6) is 0 Å². The Labute approximate surface area is 205 Å². The number of sulfonamides is 1. The predicted octanol–water partition coefficient (Wildman–Crippen LogP) is 4.22. The molecule has 1 saturated carbocycles. The second kappa shape index (κ2) is 9.84. The van der Waals surface area contributed by atoms with Gasteiger partial charge in [-0.25, -0.2) is 8.42 Å². The van der Waals surface area contributed by atoms with Crippen LogP contribution in [0, 0.1) is 22.7 Å². The van der Waals surface area contributed by atoms with E-state index in [4.69, 9.17) is 5.26 Å². The molecule has 3 heterocycles. The van der Waals surface area contributed by atoms with Crippen molar-refractivity contribution in [1.82, 2.24) is 19.1 Å². The number of nitriles is 1. The van der Waals surface area contributed by atoms with Gasteiger partial charge in [-0.1, -0.05) is 13.8 Å². The molecule has 1 aliphatic heterocycles. The van der Waals surface area contributed by atoms with Crippen LogP contribution in [-0.2, 0) is 16.6 Å². The van der Waals surface area contributed by atoms with Crippen LogP contribution in [0.25, 0.3) is 10.9 Å². The smallest absolute Gasteiger partial charge is 0.261 e. The number of pyridine rings is 1. The first-order valence-corrected chi connectivity index (χ1v) is 13.3. The Kier molecular flexibility index (Phi) is 7.01. The summed E-state index contributed by atoms with van der Waals surface area (Å²) in [5, 5.41) is 15.7. The van der Waals surface area contributed by atoms with Gasteiger partial charge in [-0.15, -0.1) is 0 Å². The molecule has 1 saturated heterocycles. The number of benzene rings is 1. The Morgan fingerprint density at radius 1 is 1.23 bits per heavy atom. The molecule has 9 nitrogen and oxygen atoms in total. The third-order valence-corrected chi connectivity index (χ3v) is 8.28. The summed E-state index contributed by atoms with van der Waals surface area (Å²) in [5.74, 6) is 1.10. The molecule has 1 aliphatic carbocycles. The third kappa shape index (κ3) is 5.57. The zero-order valence-corrected chi connectivity index (χ0v) is 21.2. The van der Waals surface area contributed by atoms with Crippen molar-refractivity contribution in [2.24, 2.45) is 11.3 Å². The summed E-state index contributed by atoms with van der Waals surface area (Å²) in [5.41, 5.74) is 1.28. The Morgan fingerprint density at radius 3 is 2.54 bits per heavy atom. The van der Waals surface area contributed by atoms with Crippen molar-refractivity contribution < 1.29 is 8.42 Å². The van der Waals surface area contributed by atoms with Gasteiger partial charge >= 0.3 is 0 Å². The first kappa shape index (κ1) is 24.9. The maximum atomic E-state index is 13.1. The number of H-pyrrole nitrogens is 1. The van der Waals surface area contributed by atoms with Crippen molar-refractivity contribution in [3.63, 3.8) is 0 Å². The summed E-state index contributed by atoms with van der Waals surface area (Å²) in [4.78, 5) is 15.5. The summed E-state index contributed by atoms with van der Waals surface area (Å²) in [7, 11) is -3.54. The Hall–Kier alpha value is -3.16. The van der Waals surface area contributed by atoms with Crippen molar-refractivity contribution in [3.05, 3.63) is 46.9 Å². The molecule has 3 aromatic rings. The van der Waals surface area contributed by atoms with Crippen LogP contribution < -0.4 is 10.9 Å². The van der Waals surface area contributed by atoms with Crippen molar-refractivity contribution in [1.29, 1.82) is 5.26 Å². The standard InChI is InChI=1S/C23H29N5O3S.C2H3N/c1-23(2)11-3-13-27(15-23)32(30,31)18-8-6-17(7-9-18)25-21-20-19(10-12-24-22(20)29)28(26-21)14-16-4-5-16;1-2-3/h6-10,12,16H,3-5,11,13-15H2,1-2H3,(H,24,29)(H,25,26);1H3. The van der Waals surface area contributed by atoms with E-state index in [2.05, 4.69) is 29.2 Å². The van der Waals surface area contributed by atoms with Gasteiger partial charge in [0.25, 0.3) is 5.56 Å². The molecule has 10 heteroatoms. The normalized spacial score (nSPS) is 17.9. The van der Waals surface area contributed by atoms with Gasteiger partial charge in [0, 0.05) is 38.4 Å². The number of anilines is 2. The topological polar surface area (TPSA) is 124 Å². The minimum Gasteiger partial charge on any atom is -0.338 e. The number of nitrogens with zero attached hydrogens (tertiary/aromatic N) is 4. The van der Waals surface area contributed by atoms with Gasteiger partial charge in [-0.05, 0) is 67.3 Å². The molecule has 2 N–H and O–H groups in total. The molecule has 0 bridgehead atoms. The average Bonchev–Trinajstić information content (AvgIpc) is 3.55. The Balaban J connectivity index is 0.000000917. The fourth-order valence-electron chi connectivity index (χ4n) is 4.48. The second-order valence-corrected chi connectivity index (χ2v) is 12.0. The Bertz CT molecular complexity index is 1400. The highest BCUT2D eigenvalue weighted by molar-refractivity contribution is 7.89. The first-order valence-electron chi connectivity index (χ1n) is 11.9. The van der Waals surface area contributed by atoms with Gasteiger partial charge in [-0.2, -0.15) is 14.7 Å². The number of piperidine rings is 1. The molecule has 0 spiro atoms. The quantitative estimate of drug-likeness (QED) is 0.527. The molecule has 2 aliphatic rings. The number of hydrogen-bond acceptors (Lipinski definition) is 6. The molecule has 35 heavy (non-hydrogen) atoms. The van der Waals surface area contributed by atoms with Gasteiger partial charge in [0.1, 0.15) is 5.39 Å². The van der Waals surface area contributed by atoms with Crippen LogP contribution in [0.1, 0.15) is 46.5 Å². The van der Waals surface area contributed by atoms with E-state index in [0.717, 1.165) is 24.9 Å². The van der Waals surface area contributed by atoms with E-state index < -0.39 is 10.0 Å². The summed E-state index contributed by atoms with van der Waals surface area (Å²) in [6.45, 7) is 7.53. The van der Waals surface area contributed by atoms with E-state index in [-0.39, 0.29) is 15.9 Å². The highest BCUT2D eigenvalue weighted by atomic mass is 32.2. The SMILES string of the molecule is CC#N.CC1(C)CCCN(S(=O)(=O)c2ccc(Nc3nn(CC4CC4)c4cc[nH]c(=O)c34)cc2)C1. The Morgan fingerprint density at radius 2 is 1.91 bits per heavy atom. The fraction of sp³-hybridized carbons (Fsp3) is 0.480. The van der Waals surface area contributed by atoms with Gasteiger partial charge < -0.3 is 10.3 Å². The summed E-state index contributed by atoms with van der Waals surface area (Å²) in [6.07, 6.45) is 5.93. The van der Waals surface area contributed by atoms with E-state index >= 15 is 0 Å². The summed E-state index contributed by atoms with van der Waals surface area (Å²) >= 11 is 0. The third-order valence-electron chi connectivity index (χ3n) is 6.42. The largest absolute Gasteiger partial charge is 0.338 e. The molecule has 2 fully saturated rings. The lowest BCUT2D eigenvalue weighted by atomic mass is 9.85. The van der Waals surface area contributed by atoms with Crippen molar-refractivity contribution in [3.8, 4) is 6.07 Å². The second-order valence-electron chi connectivity index (χ2n) is 10.0.